The number of hydrogen-bond acceptors (Lipinski definition) is 4. The zero-order chi connectivity index (χ0) is 18.8. The van der Waals surface area contributed by atoms with Gasteiger partial charge in [-0.3, -0.25) is 9.89 Å². The van der Waals surface area contributed by atoms with Crippen molar-refractivity contribution in [2.45, 2.75) is 45.6 Å². The Kier molecular flexibility index (Phi) is 4.79. The number of piperidine rings is 1. The number of nitrogens with zero attached hydrogens (tertiary/aromatic N) is 3. The van der Waals surface area contributed by atoms with Gasteiger partial charge in [0.2, 0.25) is 5.91 Å². The zero-order valence-electron chi connectivity index (χ0n) is 15.7. The van der Waals surface area contributed by atoms with E-state index in [-0.39, 0.29) is 11.9 Å². The van der Waals surface area contributed by atoms with Gasteiger partial charge in [0.05, 0.1) is 35.6 Å². The molecule has 1 aliphatic heterocycles. The predicted molar refractivity (Wildman–Crippen MR) is 102 cm³/mol. The highest BCUT2D eigenvalue weighted by molar-refractivity contribution is 5.79. The van der Waals surface area contributed by atoms with Crippen LogP contribution >= 0.6 is 0 Å². The van der Waals surface area contributed by atoms with Crippen LogP contribution in [0.3, 0.4) is 0 Å². The fourth-order valence-corrected chi connectivity index (χ4v) is 3.87. The molecule has 0 aliphatic carbocycles. The Labute approximate surface area is 158 Å². The number of hydrogen-bond donors (Lipinski definition) is 1. The second kappa shape index (κ2) is 7.39. The van der Waals surface area contributed by atoms with E-state index in [0.29, 0.717) is 12.2 Å². The first-order chi connectivity index (χ1) is 13.1. The average Bonchev–Trinajstić information content (AvgIpc) is 3.30. The smallest absolute Gasteiger partial charge is 0.227 e. The van der Waals surface area contributed by atoms with E-state index in [2.05, 4.69) is 21.4 Å². The fraction of sp³-hybridized carbons (Fsp3) is 0.381. The van der Waals surface area contributed by atoms with Gasteiger partial charge in [-0.15, -0.1) is 0 Å². The molecule has 1 aromatic carbocycles. The van der Waals surface area contributed by atoms with E-state index < -0.39 is 0 Å². The second-order valence-electron chi connectivity index (χ2n) is 7.29. The lowest BCUT2D eigenvalue weighted by Crippen LogP contribution is -2.39. The summed E-state index contributed by atoms with van der Waals surface area (Å²) in [4.78, 5) is 15.1. The van der Waals surface area contributed by atoms with Gasteiger partial charge in [-0.2, -0.15) is 5.10 Å². The minimum Gasteiger partial charge on any atom is -0.356 e. The summed E-state index contributed by atoms with van der Waals surface area (Å²) < 4.78 is 5.43. The highest BCUT2D eigenvalue weighted by Crippen LogP contribution is 2.36. The van der Waals surface area contributed by atoms with Crippen LogP contribution in [0.5, 0.6) is 0 Å². The molecule has 1 aliphatic rings. The quantitative estimate of drug-likeness (QED) is 0.760. The molecule has 1 fully saturated rings. The number of aromatic nitrogens is 3. The van der Waals surface area contributed by atoms with E-state index in [9.17, 15) is 4.79 Å². The first-order valence-corrected chi connectivity index (χ1v) is 9.44. The molecule has 0 unspecified atom stereocenters. The highest BCUT2D eigenvalue weighted by atomic mass is 16.5. The van der Waals surface area contributed by atoms with Crippen LogP contribution in [0.25, 0.3) is 11.3 Å². The van der Waals surface area contributed by atoms with Crippen molar-refractivity contribution in [1.82, 2.24) is 20.3 Å². The Morgan fingerprint density at radius 2 is 2.19 bits per heavy atom. The summed E-state index contributed by atoms with van der Waals surface area (Å²) in [7, 11) is 0. The molecule has 3 heterocycles. The van der Waals surface area contributed by atoms with Crippen molar-refractivity contribution in [3.05, 3.63) is 59.0 Å². The molecule has 0 saturated carbocycles. The number of likely N-dealkylation sites (tertiary alicyclic amines) is 1. The van der Waals surface area contributed by atoms with Crippen LogP contribution in [-0.2, 0) is 11.2 Å². The molecule has 3 aromatic rings. The van der Waals surface area contributed by atoms with Crippen LogP contribution in [0, 0.1) is 13.8 Å². The van der Waals surface area contributed by atoms with E-state index >= 15 is 0 Å². The Hall–Kier alpha value is -2.89. The number of rotatable bonds is 4. The molecule has 4 rings (SSSR count). The standard InChI is InChI=1S/C21H24N4O2/c1-14-6-5-7-16(10-14)12-20(26)25-9-4-3-8-18(25)21-17(13-22-23-21)19-11-15(2)24-27-19/h5-7,10-11,13,18H,3-4,8-9,12H2,1-2H3,(H,22,23)/t18-/m1/s1. The van der Waals surface area contributed by atoms with Gasteiger partial charge in [-0.25, -0.2) is 0 Å². The van der Waals surface area contributed by atoms with Gasteiger partial charge >= 0.3 is 0 Å². The monoisotopic (exact) mass is 364 g/mol. The maximum atomic E-state index is 13.1. The van der Waals surface area contributed by atoms with Gasteiger partial charge in [-0.1, -0.05) is 35.0 Å². The summed E-state index contributed by atoms with van der Waals surface area (Å²) in [6.07, 6.45) is 5.21. The van der Waals surface area contributed by atoms with Crippen LogP contribution in [0.2, 0.25) is 0 Å². The lowest BCUT2D eigenvalue weighted by Gasteiger charge is -2.35. The summed E-state index contributed by atoms with van der Waals surface area (Å²) in [5.74, 6) is 0.840. The van der Waals surface area contributed by atoms with Crippen molar-refractivity contribution < 1.29 is 9.32 Å². The third-order valence-corrected chi connectivity index (χ3v) is 5.16. The summed E-state index contributed by atoms with van der Waals surface area (Å²) in [5.41, 5.74) is 4.87. The molecular formula is C21H24N4O2. The molecular weight excluding hydrogens is 340 g/mol. The SMILES string of the molecule is Cc1cccc(CC(=O)N2CCCC[C@@H]2c2[nH]ncc2-c2cc(C)no2)c1. The highest BCUT2D eigenvalue weighted by Gasteiger charge is 2.31. The maximum Gasteiger partial charge on any atom is 0.227 e. The van der Waals surface area contributed by atoms with Crippen LogP contribution in [0.15, 0.2) is 41.1 Å². The Balaban J connectivity index is 1.60. The topological polar surface area (TPSA) is 75.0 Å². The minimum atomic E-state index is -0.0148. The molecule has 1 saturated heterocycles. The molecule has 1 atom stereocenters. The van der Waals surface area contributed by atoms with Crippen LogP contribution in [-0.4, -0.2) is 32.7 Å². The number of benzene rings is 1. The molecule has 6 heteroatoms. The number of aryl methyl sites for hydroxylation is 2. The number of carbonyl (C=O) groups excluding carboxylic acids is 1. The Morgan fingerprint density at radius 3 is 2.96 bits per heavy atom. The molecule has 2 aromatic heterocycles. The lowest BCUT2D eigenvalue weighted by molar-refractivity contribution is -0.134. The van der Waals surface area contributed by atoms with Gasteiger partial charge in [0.25, 0.3) is 0 Å². The van der Waals surface area contributed by atoms with Crippen molar-refractivity contribution in [2.75, 3.05) is 6.54 Å². The van der Waals surface area contributed by atoms with Crippen LogP contribution < -0.4 is 0 Å². The van der Waals surface area contributed by atoms with E-state index in [4.69, 9.17) is 4.52 Å². The average molecular weight is 364 g/mol. The van der Waals surface area contributed by atoms with Crippen molar-refractivity contribution in [1.29, 1.82) is 0 Å². The van der Waals surface area contributed by atoms with E-state index in [1.165, 1.54) is 5.56 Å². The fourth-order valence-electron chi connectivity index (χ4n) is 3.87. The largest absolute Gasteiger partial charge is 0.356 e. The maximum absolute atomic E-state index is 13.1. The molecule has 0 spiro atoms. The van der Waals surface area contributed by atoms with Crippen molar-refractivity contribution in [3.63, 3.8) is 0 Å². The lowest BCUT2D eigenvalue weighted by atomic mass is 9.95. The van der Waals surface area contributed by atoms with Crippen molar-refractivity contribution in [3.8, 4) is 11.3 Å². The van der Waals surface area contributed by atoms with E-state index in [1.807, 2.05) is 43.0 Å². The second-order valence-corrected chi connectivity index (χ2v) is 7.29. The number of aromatic amines is 1. The molecule has 140 valence electrons. The van der Waals surface area contributed by atoms with Crippen LogP contribution in [0.4, 0.5) is 0 Å². The summed E-state index contributed by atoms with van der Waals surface area (Å²) in [6.45, 7) is 4.71. The van der Waals surface area contributed by atoms with Crippen molar-refractivity contribution in [2.24, 2.45) is 0 Å². The Morgan fingerprint density at radius 1 is 1.30 bits per heavy atom. The molecule has 1 N–H and O–H groups in total. The number of H-pyrrole nitrogens is 1. The first-order valence-electron chi connectivity index (χ1n) is 9.44. The Bertz CT molecular complexity index is 943. The molecule has 0 bridgehead atoms. The van der Waals surface area contributed by atoms with Gasteiger partial charge in [0, 0.05) is 12.6 Å². The summed E-state index contributed by atoms with van der Waals surface area (Å²) in [6, 6.07) is 10.0. The summed E-state index contributed by atoms with van der Waals surface area (Å²) >= 11 is 0. The number of carbonyl (C=O) groups is 1. The van der Waals surface area contributed by atoms with Gasteiger partial charge in [-0.05, 0) is 38.7 Å². The van der Waals surface area contributed by atoms with Crippen molar-refractivity contribution >= 4 is 5.91 Å². The third kappa shape index (κ3) is 3.65. The van der Waals surface area contributed by atoms with Gasteiger partial charge < -0.3 is 9.42 Å². The summed E-state index contributed by atoms with van der Waals surface area (Å²) in [5, 5.41) is 11.3. The predicted octanol–water partition coefficient (Wildman–Crippen LogP) is 3.98. The van der Waals surface area contributed by atoms with E-state index in [1.54, 1.807) is 6.20 Å². The van der Waals surface area contributed by atoms with Gasteiger partial charge in [0.1, 0.15) is 0 Å². The minimum absolute atomic E-state index is 0.0148. The normalized spacial score (nSPS) is 17.3. The van der Waals surface area contributed by atoms with Crippen LogP contribution in [0.1, 0.15) is 47.8 Å². The molecule has 6 nitrogen and oxygen atoms in total. The van der Waals surface area contributed by atoms with E-state index in [0.717, 1.165) is 48.3 Å². The first kappa shape index (κ1) is 17.5. The molecule has 1 amide bonds. The molecule has 27 heavy (non-hydrogen) atoms. The number of amides is 1. The molecule has 0 radical (unpaired) electrons. The zero-order valence-corrected chi connectivity index (χ0v) is 15.7. The third-order valence-electron chi connectivity index (χ3n) is 5.16. The number of nitrogens with one attached hydrogen (secondary N) is 1. The van der Waals surface area contributed by atoms with Gasteiger partial charge in [0.15, 0.2) is 5.76 Å².